The Balaban J connectivity index is 2.32. The average molecular weight is 247 g/mol. The molecule has 0 saturated heterocycles. The fraction of sp³-hybridized carbons (Fsp3) is 0.333. The lowest BCUT2D eigenvalue weighted by Crippen LogP contribution is -2.32. The van der Waals surface area contributed by atoms with Gasteiger partial charge in [-0.1, -0.05) is 6.07 Å². The van der Waals surface area contributed by atoms with Gasteiger partial charge in [-0.15, -0.1) is 0 Å². The summed E-state index contributed by atoms with van der Waals surface area (Å²) in [7, 11) is 1.96. The molecule has 0 radical (unpaired) electrons. The molecule has 1 amide bonds. The van der Waals surface area contributed by atoms with Crippen molar-refractivity contribution in [1.82, 2.24) is 15.0 Å². The van der Waals surface area contributed by atoms with Crippen molar-refractivity contribution in [1.29, 1.82) is 0 Å². The third kappa shape index (κ3) is 2.20. The summed E-state index contributed by atoms with van der Waals surface area (Å²) < 4.78 is 2.01. The second-order valence-corrected chi connectivity index (χ2v) is 4.34. The second kappa shape index (κ2) is 4.75. The van der Waals surface area contributed by atoms with E-state index in [0.717, 1.165) is 22.4 Å². The van der Waals surface area contributed by atoms with Gasteiger partial charge in [0.15, 0.2) is 0 Å². The molecule has 0 bridgehead atoms. The first-order chi connectivity index (χ1) is 8.52. The molecule has 96 valence electrons. The predicted molar refractivity (Wildman–Crippen MR) is 69.3 cm³/mol. The summed E-state index contributed by atoms with van der Waals surface area (Å²) in [4.78, 5) is 15.6. The number of imidazole rings is 1. The zero-order chi connectivity index (χ0) is 13.3. The monoisotopic (exact) mass is 247 g/mol. The van der Waals surface area contributed by atoms with Gasteiger partial charge in [-0.2, -0.15) is 0 Å². The minimum absolute atomic E-state index is 0.161. The Morgan fingerprint density at radius 2 is 2.28 bits per heavy atom. The number of nitrogens with zero attached hydrogens (tertiary/aromatic N) is 2. The maximum atomic E-state index is 11.2. The highest BCUT2D eigenvalue weighted by atomic mass is 16.2. The van der Waals surface area contributed by atoms with Gasteiger partial charge in [0.2, 0.25) is 5.91 Å². The third-order valence-electron chi connectivity index (χ3n) is 3.12. The number of hydrazine groups is 1. The molecule has 1 heterocycles. The van der Waals surface area contributed by atoms with Crippen molar-refractivity contribution in [3.05, 3.63) is 29.6 Å². The van der Waals surface area contributed by atoms with Crippen LogP contribution in [-0.4, -0.2) is 15.5 Å². The fourth-order valence-corrected chi connectivity index (χ4v) is 1.94. The summed E-state index contributed by atoms with van der Waals surface area (Å²) >= 11 is 0. The molecule has 1 aromatic heterocycles. The van der Waals surface area contributed by atoms with Gasteiger partial charge >= 0.3 is 0 Å². The van der Waals surface area contributed by atoms with Crippen LogP contribution >= 0.6 is 0 Å². The molecule has 0 aliphatic rings. The number of amides is 1. The number of aromatic nitrogens is 2. The predicted octanol–water partition coefficient (Wildman–Crippen LogP) is 0.262. The Kier molecular flexibility index (Phi) is 3.31. The van der Waals surface area contributed by atoms with Crippen molar-refractivity contribution in [2.45, 2.75) is 19.4 Å². The average Bonchev–Trinajstić information content (AvgIpc) is 2.64. The van der Waals surface area contributed by atoms with Crippen LogP contribution in [0.4, 0.5) is 0 Å². The number of aryl methyl sites for hydroxylation is 2. The lowest BCUT2D eigenvalue weighted by Gasteiger charge is -2.10. The normalized spacial score (nSPS) is 12.7. The largest absolute Gasteiger partial charge is 0.331 e. The molecule has 0 fully saturated rings. The van der Waals surface area contributed by atoms with E-state index in [2.05, 4.69) is 10.4 Å². The summed E-state index contributed by atoms with van der Waals surface area (Å²) in [6.07, 6.45) is 0.161. The summed E-state index contributed by atoms with van der Waals surface area (Å²) in [5, 5.41) is 0. The van der Waals surface area contributed by atoms with E-state index >= 15 is 0 Å². The molecule has 1 atom stereocenters. The maximum absolute atomic E-state index is 11.2. The first-order valence-corrected chi connectivity index (χ1v) is 5.71. The number of nitrogens with one attached hydrogen (secondary N) is 1. The van der Waals surface area contributed by atoms with Crippen LogP contribution < -0.4 is 17.0 Å². The van der Waals surface area contributed by atoms with E-state index in [1.54, 1.807) is 0 Å². The SMILES string of the molecule is Cc1nc2cc(C(N)CC(=O)NN)ccc2n1C. The molecule has 0 aliphatic carbocycles. The van der Waals surface area contributed by atoms with Gasteiger partial charge in [-0.05, 0) is 24.6 Å². The number of nitrogens with two attached hydrogens (primary N) is 2. The minimum Gasteiger partial charge on any atom is -0.331 e. The highest BCUT2D eigenvalue weighted by Crippen LogP contribution is 2.21. The number of benzene rings is 1. The van der Waals surface area contributed by atoms with E-state index in [1.165, 1.54) is 0 Å². The molecule has 18 heavy (non-hydrogen) atoms. The molecular weight excluding hydrogens is 230 g/mol. The summed E-state index contributed by atoms with van der Waals surface area (Å²) in [5.41, 5.74) is 10.8. The Morgan fingerprint density at radius 1 is 1.56 bits per heavy atom. The Hall–Kier alpha value is -1.92. The first-order valence-electron chi connectivity index (χ1n) is 5.71. The highest BCUT2D eigenvalue weighted by molar-refractivity contribution is 5.78. The van der Waals surface area contributed by atoms with Gasteiger partial charge in [0.25, 0.3) is 0 Å². The molecule has 1 aromatic carbocycles. The van der Waals surface area contributed by atoms with Crippen LogP contribution in [0.2, 0.25) is 0 Å². The van der Waals surface area contributed by atoms with Gasteiger partial charge in [-0.25, -0.2) is 10.8 Å². The number of rotatable bonds is 3. The Morgan fingerprint density at radius 3 is 2.94 bits per heavy atom. The van der Waals surface area contributed by atoms with Crippen molar-refractivity contribution in [2.24, 2.45) is 18.6 Å². The van der Waals surface area contributed by atoms with Gasteiger partial charge in [0.05, 0.1) is 11.0 Å². The molecule has 2 rings (SSSR count). The Labute approximate surface area is 105 Å². The van der Waals surface area contributed by atoms with Crippen molar-refractivity contribution in [3.63, 3.8) is 0 Å². The molecule has 1 unspecified atom stereocenters. The first kappa shape index (κ1) is 12.5. The number of carbonyl (C=O) groups is 1. The van der Waals surface area contributed by atoms with Gasteiger partial charge in [0, 0.05) is 19.5 Å². The zero-order valence-corrected chi connectivity index (χ0v) is 10.5. The molecule has 5 N–H and O–H groups in total. The highest BCUT2D eigenvalue weighted by Gasteiger charge is 2.13. The minimum atomic E-state index is -0.375. The number of hydrogen-bond donors (Lipinski definition) is 3. The molecule has 6 heteroatoms. The van der Waals surface area contributed by atoms with E-state index in [9.17, 15) is 4.79 Å². The number of carbonyl (C=O) groups excluding carboxylic acids is 1. The molecular formula is C12H17N5O. The van der Waals surface area contributed by atoms with Gasteiger partial charge < -0.3 is 10.3 Å². The van der Waals surface area contributed by atoms with Crippen LogP contribution in [0.15, 0.2) is 18.2 Å². The quantitative estimate of drug-likeness (QED) is 0.411. The maximum Gasteiger partial charge on any atom is 0.235 e. The van der Waals surface area contributed by atoms with Crippen LogP contribution in [-0.2, 0) is 11.8 Å². The zero-order valence-electron chi connectivity index (χ0n) is 10.5. The van der Waals surface area contributed by atoms with Crippen LogP contribution in [0.5, 0.6) is 0 Å². The lowest BCUT2D eigenvalue weighted by molar-refractivity contribution is -0.121. The van der Waals surface area contributed by atoms with E-state index in [1.807, 2.05) is 36.7 Å². The van der Waals surface area contributed by atoms with Gasteiger partial charge in [-0.3, -0.25) is 10.2 Å². The molecule has 0 spiro atoms. The molecule has 0 aliphatic heterocycles. The Bertz CT molecular complexity index is 589. The standard InChI is InChI=1S/C12H17N5O/c1-7-15-10-5-8(3-4-11(10)17(7)2)9(13)6-12(18)16-14/h3-5,9H,6,13-14H2,1-2H3,(H,16,18). The van der Waals surface area contributed by atoms with Crippen molar-refractivity contribution < 1.29 is 4.79 Å². The van der Waals surface area contributed by atoms with Crippen molar-refractivity contribution in [3.8, 4) is 0 Å². The molecule has 6 nitrogen and oxygen atoms in total. The fourth-order valence-electron chi connectivity index (χ4n) is 1.94. The second-order valence-electron chi connectivity index (χ2n) is 4.34. The molecule has 2 aromatic rings. The smallest absolute Gasteiger partial charge is 0.235 e. The third-order valence-corrected chi connectivity index (χ3v) is 3.12. The summed E-state index contributed by atoms with van der Waals surface area (Å²) in [5.74, 6) is 5.70. The van der Waals surface area contributed by atoms with Crippen LogP contribution in [0, 0.1) is 6.92 Å². The number of hydrogen-bond acceptors (Lipinski definition) is 4. The number of fused-ring (bicyclic) bond motifs is 1. The van der Waals surface area contributed by atoms with E-state index in [-0.39, 0.29) is 18.4 Å². The van der Waals surface area contributed by atoms with Crippen molar-refractivity contribution in [2.75, 3.05) is 0 Å². The van der Waals surface area contributed by atoms with Crippen molar-refractivity contribution >= 4 is 16.9 Å². The summed E-state index contributed by atoms with van der Waals surface area (Å²) in [6.45, 7) is 1.95. The summed E-state index contributed by atoms with van der Waals surface area (Å²) in [6, 6.07) is 5.42. The van der Waals surface area contributed by atoms with Crippen LogP contribution in [0.1, 0.15) is 23.9 Å². The van der Waals surface area contributed by atoms with E-state index in [0.29, 0.717) is 0 Å². The van der Waals surface area contributed by atoms with E-state index < -0.39 is 0 Å². The van der Waals surface area contributed by atoms with E-state index in [4.69, 9.17) is 11.6 Å². The topological polar surface area (TPSA) is 99.0 Å². The lowest BCUT2D eigenvalue weighted by atomic mass is 10.0. The van der Waals surface area contributed by atoms with Gasteiger partial charge in [0.1, 0.15) is 5.82 Å². The van der Waals surface area contributed by atoms with Crippen LogP contribution in [0.25, 0.3) is 11.0 Å². The van der Waals surface area contributed by atoms with Crippen LogP contribution in [0.3, 0.4) is 0 Å². The molecule has 0 saturated carbocycles.